The number of hydrogen-bond donors (Lipinski definition) is 1. The van der Waals surface area contributed by atoms with Gasteiger partial charge in [-0.05, 0) is 24.6 Å². The molecule has 0 unspecified atom stereocenters. The van der Waals surface area contributed by atoms with Crippen LogP contribution in [0, 0.1) is 5.82 Å². The van der Waals surface area contributed by atoms with Gasteiger partial charge >= 0.3 is 5.97 Å². The first kappa shape index (κ1) is 11.9. The van der Waals surface area contributed by atoms with Crippen LogP contribution in [0.25, 0.3) is 0 Å². The van der Waals surface area contributed by atoms with Crippen molar-refractivity contribution < 1.29 is 19.1 Å². The quantitative estimate of drug-likeness (QED) is 0.882. The second-order valence-electron chi connectivity index (χ2n) is 3.75. The summed E-state index contributed by atoms with van der Waals surface area (Å²) in [5.41, 5.74) is 0.224. The number of nitrogens with zero attached hydrogens (tertiary/aromatic N) is 1. The number of carboxylic acid groups (broad SMARTS) is 1. The van der Waals surface area contributed by atoms with Crippen molar-refractivity contribution in [2.45, 2.75) is 18.9 Å². The number of anilines is 1. The second-order valence-corrected chi connectivity index (χ2v) is 4.16. The van der Waals surface area contributed by atoms with E-state index in [-0.39, 0.29) is 29.5 Å². The van der Waals surface area contributed by atoms with Gasteiger partial charge in [0.05, 0.1) is 5.02 Å². The number of halogens is 2. The van der Waals surface area contributed by atoms with Crippen LogP contribution in [0.1, 0.15) is 12.8 Å². The van der Waals surface area contributed by atoms with Crippen molar-refractivity contribution in [2.75, 3.05) is 4.90 Å². The standard InChI is InChI=1S/C11H9ClFNO3/c12-7-2-1-6(5-8(7)13)14-9(11(16)17)3-4-10(14)15/h1-2,5,9H,3-4H2,(H,16,17)/t9-/m0/s1. The largest absolute Gasteiger partial charge is 0.480 e. The molecule has 4 nitrogen and oxygen atoms in total. The molecule has 1 amide bonds. The van der Waals surface area contributed by atoms with Crippen LogP contribution in [0.2, 0.25) is 5.02 Å². The maximum atomic E-state index is 13.3. The molecule has 0 radical (unpaired) electrons. The molecule has 6 heteroatoms. The van der Waals surface area contributed by atoms with Crippen molar-refractivity contribution in [1.82, 2.24) is 0 Å². The number of amides is 1. The van der Waals surface area contributed by atoms with Crippen LogP contribution < -0.4 is 4.90 Å². The number of carboxylic acids is 1. The van der Waals surface area contributed by atoms with Crippen molar-refractivity contribution >= 4 is 29.2 Å². The summed E-state index contributed by atoms with van der Waals surface area (Å²) in [5.74, 6) is -2.08. The lowest BCUT2D eigenvalue weighted by Gasteiger charge is -2.21. The highest BCUT2D eigenvalue weighted by atomic mass is 35.5. The zero-order valence-electron chi connectivity index (χ0n) is 8.69. The molecule has 1 saturated heterocycles. The molecule has 0 aromatic heterocycles. The monoisotopic (exact) mass is 257 g/mol. The van der Waals surface area contributed by atoms with Gasteiger partial charge in [0.2, 0.25) is 5.91 Å². The molecule has 17 heavy (non-hydrogen) atoms. The van der Waals surface area contributed by atoms with Gasteiger partial charge in [0.15, 0.2) is 0 Å². The summed E-state index contributed by atoms with van der Waals surface area (Å²) in [6.07, 6.45) is 0.389. The summed E-state index contributed by atoms with van der Waals surface area (Å²) < 4.78 is 13.3. The Kier molecular flexibility index (Phi) is 3.02. The zero-order valence-corrected chi connectivity index (χ0v) is 9.45. The fourth-order valence-electron chi connectivity index (χ4n) is 1.88. The van der Waals surface area contributed by atoms with Crippen molar-refractivity contribution in [1.29, 1.82) is 0 Å². The highest BCUT2D eigenvalue weighted by molar-refractivity contribution is 6.30. The van der Waals surface area contributed by atoms with Gasteiger partial charge < -0.3 is 5.11 Å². The van der Waals surface area contributed by atoms with Gasteiger partial charge in [-0.15, -0.1) is 0 Å². The van der Waals surface area contributed by atoms with E-state index in [1.165, 1.54) is 12.1 Å². The first-order valence-corrected chi connectivity index (χ1v) is 5.38. The molecular weight excluding hydrogens is 249 g/mol. The molecule has 90 valence electrons. The Balaban J connectivity index is 2.39. The second kappa shape index (κ2) is 4.33. The summed E-state index contributed by atoms with van der Waals surface area (Å²) >= 11 is 5.53. The molecule has 1 aromatic rings. The summed E-state index contributed by atoms with van der Waals surface area (Å²) in [4.78, 5) is 23.7. The van der Waals surface area contributed by atoms with Gasteiger partial charge in [0, 0.05) is 12.1 Å². The summed E-state index contributed by atoms with van der Waals surface area (Å²) in [5, 5.41) is 8.91. The SMILES string of the molecule is O=C(O)[C@@H]1CCC(=O)N1c1ccc(Cl)c(F)c1. The minimum atomic E-state index is -1.09. The number of benzene rings is 1. The van der Waals surface area contributed by atoms with Crippen LogP contribution in [0.3, 0.4) is 0 Å². The van der Waals surface area contributed by atoms with Crippen molar-refractivity contribution in [3.05, 3.63) is 29.0 Å². The fourth-order valence-corrected chi connectivity index (χ4v) is 1.99. The van der Waals surface area contributed by atoms with Gasteiger partial charge in [-0.1, -0.05) is 11.6 Å². The molecule has 1 N–H and O–H groups in total. The van der Waals surface area contributed by atoms with E-state index in [1.807, 2.05) is 0 Å². The molecule has 1 aliphatic rings. The van der Waals surface area contributed by atoms with Crippen molar-refractivity contribution in [3.63, 3.8) is 0 Å². The number of carbonyl (C=O) groups excluding carboxylic acids is 1. The molecule has 1 atom stereocenters. The summed E-state index contributed by atoms with van der Waals surface area (Å²) in [6, 6.07) is 2.88. The summed E-state index contributed by atoms with van der Waals surface area (Å²) in [7, 11) is 0. The third kappa shape index (κ3) is 2.10. The smallest absolute Gasteiger partial charge is 0.326 e. The Morgan fingerprint density at radius 2 is 2.24 bits per heavy atom. The Labute approximate surface area is 102 Å². The molecule has 1 aromatic carbocycles. The highest BCUT2D eigenvalue weighted by Gasteiger charge is 2.37. The van der Waals surface area contributed by atoms with Crippen LogP contribution >= 0.6 is 11.6 Å². The molecular formula is C11H9ClFNO3. The minimum Gasteiger partial charge on any atom is -0.480 e. The van der Waals surface area contributed by atoms with Crippen LogP contribution in [0.4, 0.5) is 10.1 Å². The van der Waals surface area contributed by atoms with E-state index in [9.17, 15) is 14.0 Å². The molecule has 0 spiro atoms. The van der Waals surface area contributed by atoms with Crippen LogP contribution in [-0.2, 0) is 9.59 Å². The average molecular weight is 258 g/mol. The molecule has 1 aliphatic heterocycles. The van der Waals surface area contributed by atoms with E-state index in [4.69, 9.17) is 16.7 Å². The molecule has 1 fully saturated rings. The van der Waals surface area contributed by atoms with Gasteiger partial charge in [0.25, 0.3) is 0 Å². The Morgan fingerprint density at radius 1 is 1.53 bits per heavy atom. The van der Waals surface area contributed by atoms with Gasteiger partial charge in [-0.25, -0.2) is 9.18 Å². The predicted molar refractivity (Wildman–Crippen MR) is 59.6 cm³/mol. The third-order valence-corrected chi connectivity index (χ3v) is 2.98. The first-order valence-electron chi connectivity index (χ1n) is 5.00. The predicted octanol–water partition coefficient (Wildman–Crippen LogP) is 2.06. The van der Waals surface area contributed by atoms with E-state index in [2.05, 4.69) is 0 Å². The molecule has 0 bridgehead atoms. The van der Waals surface area contributed by atoms with Crippen molar-refractivity contribution in [3.8, 4) is 0 Å². The maximum absolute atomic E-state index is 13.3. The Morgan fingerprint density at radius 3 is 2.82 bits per heavy atom. The van der Waals surface area contributed by atoms with Crippen LogP contribution in [0.5, 0.6) is 0 Å². The summed E-state index contributed by atoms with van der Waals surface area (Å²) in [6.45, 7) is 0. The number of hydrogen-bond acceptors (Lipinski definition) is 2. The van der Waals surface area contributed by atoms with Crippen LogP contribution in [0.15, 0.2) is 18.2 Å². The topological polar surface area (TPSA) is 57.6 Å². The normalized spacial score (nSPS) is 19.8. The number of rotatable bonds is 2. The zero-order chi connectivity index (χ0) is 12.6. The van der Waals surface area contributed by atoms with E-state index >= 15 is 0 Å². The maximum Gasteiger partial charge on any atom is 0.326 e. The van der Waals surface area contributed by atoms with Crippen molar-refractivity contribution in [2.24, 2.45) is 0 Å². The van der Waals surface area contributed by atoms with Gasteiger partial charge in [0.1, 0.15) is 11.9 Å². The van der Waals surface area contributed by atoms with E-state index in [1.54, 1.807) is 0 Å². The van der Waals surface area contributed by atoms with Gasteiger partial charge in [-0.3, -0.25) is 9.69 Å². The molecule has 1 heterocycles. The third-order valence-electron chi connectivity index (χ3n) is 2.68. The number of carbonyl (C=O) groups is 2. The minimum absolute atomic E-state index is 0.0627. The lowest BCUT2D eigenvalue weighted by Crippen LogP contribution is -2.38. The van der Waals surface area contributed by atoms with Gasteiger partial charge in [-0.2, -0.15) is 0 Å². The number of aliphatic carboxylic acids is 1. The lowest BCUT2D eigenvalue weighted by atomic mass is 10.2. The van der Waals surface area contributed by atoms with E-state index < -0.39 is 17.8 Å². The highest BCUT2D eigenvalue weighted by Crippen LogP contribution is 2.29. The average Bonchev–Trinajstić information content (AvgIpc) is 2.64. The Bertz CT molecular complexity index is 492. The molecule has 0 saturated carbocycles. The van der Waals surface area contributed by atoms with E-state index in [0.29, 0.717) is 0 Å². The Hall–Kier alpha value is -1.62. The van der Waals surface area contributed by atoms with Crippen LogP contribution in [-0.4, -0.2) is 23.0 Å². The lowest BCUT2D eigenvalue weighted by molar-refractivity contribution is -0.138. The first-order chi connectivity index (χ1) is 8.00. The molecule has 2 rings (SSSR count). The molecule has 0 aliphatic carbocycles. The fraction of sp³-hybridized carbons (Fsp3) is 0.273. The van der Waals surface area contributed by atoms with E-state index in [0.717, 1.165) is 11.0 Å².